The molecule has 2 unspecified atom stereocenters. The summed E-state index contributed by atoms with van der Waals surface area (Å²) in [7, 11) is 0. The monoisotopic (exact) mass is 333 g/mol. The number of nitrogens with one attached hydrogen (secondary N) is 1. The summed E-state index contributed by atoms with van der Waals surface area (Å²) in [5.74, 6) is 0.523. The number of alkyl halides is 3. The Morgan fingerprint density at radius 1 is 1.45 bits per heavy atom. The minimum absolute atomic E-state index is 0.0602. The first-order chi connectivity index (χ1) is 10.2. The number of hydrogen-bond acceptors (Lipinski definition) is 3. The van der Waals surface area contributed by atoms with Gasteiger partial charge in [-0.2, -0.15) is 24.9 Å². The van der Waals surface area contributed by atoms with Crippen molar-refractivity contribution in [2.24, 2.45) is 0 Å². The van der Waals surface area contributed by atoms with Crippen LogP contribution in [0.1, 0.15) is 24.5 Å². The van der Waals surface area contributed by atoms with Gasteiger partial charge in [-0.25, -0.2) is 0 Å². The zero-order chi connectivity index (χ0) is 16.4. The zero-order valence-corrected chi connectivity index (χ0v) is 12.9. The van der Waals surface area contributed by atoms with Crippen molar-refractivity contribution in [2.75, 3.05) is 11.5 Å². The minimum atomic E-state index is -4.42. The number of halogens is 3. The first kappa shape index (κ1) is 17.1. The SMILES string of the molecule is CC(Cc1ccccc1C(F)(F)F)NC(=O)C1(O)CCSC1. The van der Waals surface area contributed by atoms with E-state index in [4.69, 9.17) is 0 Å². The fraction of sp³-hybridized carbons (Fsp3) is 0.533. The lowest BCUT2D eigenvalue weighted by Gasteiger charge is -2.24. The molecule has 22 heavy (non-hydrogen) atoms. The van der Waals surface area contributed by atoms with Crippen molar-refractivity contribution in [3.63, 3.8) is 0 Å². The highest BCUT2D eigenvalue weighted by Gasteiger charge is 2.40. The maximum Gasteiger partial charge on any atom is 0.416 e. The van der Waals surface area contributed by atoms with Crippen LogP contribution < -0.4 is 5.32 Å². The van der Waals surface area contributed by atoms with Crippen molar-refractivity contribution in [1.29, 1.82) is 0 Å². The molecule has 2 atom stereocenters. The van der Waals surface area contributed by atoms with Crippen molar-refractivity contribution < 1.29 is 23.1 Å². The Labute approximate surface area is 131 Å². The number of carbonyl (C=O) groups is 1. The highest BCUT2D eigenvalue weighted by molar-refractivity contribution is 7.99. The van der Waals surface area contributed by atoms with Crippen molar-refractivity contribution in [3.05, 3.63) is 35.4 Å². The maximum atomic E-state index is 12.9. The van der Waals surface area contributed by atoms with Crippen LogP contribution in [0.2, 0.25) is 0 Å². The third-order valence-electron chi connectivity index (χ3n) is 3.65. The molecular weight excluding hydrogens is 315 g/mol. The number of carbonyl (C=O) groups excluding carboxylic acids is 1. The average Bonchev–Trinajstić information content (AvgIpc) is 2.86. The molecule has 2 N–H and O–H groups in total. The van der Waals surface area contributed by atoms with E-state index in [1.807, 2.05) is 0 Å². The second-order valence-electron chi connectivity index (χ2n) is 5.57. The van der Waals surface area contributed by atoms with Crippen LogP contribution in [0.15, 0.2) is 24.3 Å². The third-order valence-corrected chi connectivity index (χ3v) is 4.82. The highest BCUT2D eigenvalue weighted by atomic mass is 32.2. The summed E-state index contributed by atoms with van der Waals surface area (Å²) < 4.78 is 38.8. The van der Waals surface area contributed by atoms with Crippen molar-refractivity contribution in [1.82, 2.24) is 5.32 Å². The van der Waals surface area contributed by atoms with Crippen LogP contribution in [0.3, 0.4) is 0 Å². The van der Waals surface area contributed by atoms with Crippen LogP contribution in [0.5, 0.6) is 0 Å². The largest absolute Gasteiger partial charge is 0.416 e. The molecule has 1 amide bonds. The van der Waals surface area contributed by atoms with E-state index in [2.05, 4.69) is 5.32 Å². The highest BCUT2D eigenvalue weighted by Crippen LogP contribution is 2.32. The molecule has 1 fully saturated rings. The molecule has 1 saturated heterocycles. The first-order valence-electron chi connectivity index (χ1n) is 6.98. The number of hydrogen-bond donors (Lipinski definition) is 2. The Hall–Kier alpha value is -1.21. The lowest BCUT2D eigenvalue weighted by molar-refractivity contribution is -0.138. The molecule has 2 rings (SSSR count). The molecule has 0 radical (unpaired) electrons. The third kappa shape index (κ3) is 3.95. The van der Waals surface area contributed by atoms with E-state index < -0.39 is 29.3 Å². The van der Waals surface area contributed by atoms with Crippen LogP contribution >= 0.6 is 11.8 Å². The first-order valence-corrected chi connectivity index (χ1v) is 8.14. The predicted molar refractivity (Wildman–Crippen MR) is 79.6 cm³/mol. The van der Waals surface area contributed by atoms with E-state index in [-0.39, 0.29) is 12.0 Å². The smallest absolute Gasteiger partial charge is 0.379 e. The fourth-order valence-corrected chi connectivity index (χ4v) is 3.69. The van der Waals surface area contributed by atoms with Crippen LogP contribution in [0.25, 0.3) is 0 Å². The predicted octanol–water partition coefficient (Wildman–Crippen LogP) is 2.62. The van der Waals surface area contributed by atoms with E-state index in [9.17, 15) is 23.1 Å². The molecule has 1 aromatic rings. The van der Waals surface area contributed by atoms with Crippen molar-refractivity contribution in [2.45, 2.75) is 37.6 Å². The lowest BCUT2D eigenvalue weighted by Crippen LogP contribution is -2.50. The number of aliphatic hydroxyl groups is 1. The Balaban J connectivity index is 2.04. The summed E-state index contributed by atoms with van der Waals surface area (Å²) in [6, 6.07) is 4.83. The van der Waals surface area contributed by atoms with Gasteiger partial charge in [-0.3, -0.25) is 4.79 Å². The van der Waals surface area contributed by atoms with Crippen LogP contribution in [-0.4, -0.2) is 34.2 Å². The Kier molecular flexibility index (Phi) is 5.07. The Morgan fingerprint density at radius 3 is 2.73 bits per heavy atom. The quantitative estimate of drug-likeness (QED) is 0.890. The summed E-state index contributed by atoms with van der Waals surface area (Å²) in [5, 5.41) is 12.8. The van der Waals surface area contributed by atoms with E-state index in [1.54, 1.807) is 13.0 Å². The number of rotatable bonds is 4. The Bertz CT molecular complexity index is 542. The van der Waals surface area contributed by atoms with E-state index >= 15 is 0 Å². The van der Waals surface area contributed by atoms with Gasteiger partial charge in [-0.1, -0.05) is 18.2 Å². The van der Waals surface area contributed by atoms with Crippen LogP contribution in [-0.2, 0) is 17.4 Å². The van der Waals surface area contributed by atoms with Gasteiger partial charge >= 0.3 is 6.18 Å². The molecule has 0 aromatic heterocycles. The summed E-state index contributed by atoms with van der Waals surface area (Å²) in [6.07, 6.45) is -3.99. The summed E-state index contributed by atoms with van der Waals surface area (Å²) >= 11 is 1.49. The van der Waals surface area contributed by atoms with Crippen molar-refractivity contribution >= 4 is 17.7 Å². The van der Waals surface area contributed by atoms with Gasteiger partial charge in [0.25, 0.3) is 5.91 Å². The van der Waals surface area contributed by atoms with Gasteiger partial charge in [0.2, 0.25) is 0 Å². The van der Waals surface area contributed by atoms with Gasteiger partial charge in [-0.05, 0) is 37.1 Å². The van der Waals surface area contributed by atoms with Gasteiger partial charge in [0.15, 0.2) is 5.60 Å². The molecule has 1 aromatic carbocycles. The molecule has 0 spiro atoms. The number of amides is 1. The molecule has 1 aliphatic heterocycles. The zero-order valence-electron chi connectivity index (χ0n) is 12.1. The molecular formula is C15H18F3NO2S. The van der Waals surface area contributed by atoms with Gasteiger partial charge in [-0.15, -0.1) is 0 Å². The summed E-state index contributed by atoms with van der Waals surface area (Å²) in [4.78, 5) is 12.1. The fourth-order valence-electron chi connectivity index (χ4n) is 2.45. The molecule has 7 heteroatoms. The average molecular weight is 333 g/mol. The number of thioether (sulfide) groups is 1. The van der Waals surface area contributed by atoms with E-state index in [0.717, 1.165) is 6.07 Å². The molecule has 3 nitrogen and oxygen atoms in total. The second-order valence-corrected chi connectivity index (χ2v) is 6.67. The maximum absolute atomic E-state index is 12.9. The second kappa shape index (κ2) is 6.50. The Morgan fingerprint density at radius 2 is 2.14 bits per heavy atom. The van der Waals surface area contributed by atoms with Gasteiger partial charge < -0.3 is 10.4 Å². The van der Waals surface area contributed by atoms with Crippen LogP contribution in [0, 0.1) is 0 Å². The molecule has 122 valence electrons. The van der Waals surface area contributed by atoms with E-state index in [0.29, 0.717) is 17.9 Å². The normalized spacial score (nSPS) is 23.3. The van der Waals surface area contributed by atoms with E-state index in [1.165, 1.54) is 23.9 Å². The van der Waals surface area contributed by atoms with Gasteiger partial charge in [0.05, 0.1) is 5.56 Å². The van der Waals surface area contributed by atoms with Crippen molar-refractivity contribution in [3.8, 4) is 0 Å². The summed E-state index contributed by atoms with van der Waals surface area (Å²) in [6.45, 7) is 1.64. The standard InChI is InChI=1S/C15H18F3NO2S/c1-10(19-13(20)14(21)6-7-22-9-14)8-11-4-2-3-5-12(11)15(16,17)18/h2-5,10,21H,6-9H2,1H3,(H,19,20). The molecule has 1 aliphatic rings. The topological polar surface area (TPSA) is 49.3 Å². The molecule has 0 bridgehead atoms. The molecule has 0 aliphatic carbocycles. The van der Waals surface area contributed by atoms with Gasteiger partial charge in [0.1, 0.15) is 0 Å². The van der Waals surface area contributed by atoms with Crippen LogP contribution in [0.4, 0.5) is 13.2 Å². The minimum Gasteiger partial charge on any atom is -0.379 e. The molecule has 1 heterocycles. The van der Waals surface area contributed by atoms with Gasteiger partial charge in [0, 0.05) is 11.8 Å². The number of benzene rings is 1. The lowest BCUT2D eigenvalue weighted by atomic mass is 9.98. The molecule has 0 saturated carbocycles. The summed E-state index contributed by atoms with van der Waals surface area (Å²) in [5.41, 5.74) is -1.95.